The highest BCUT2D eigenvalue weighted by atomic mass is 127. The van der Waals surface area contributed by atoms with Gasteiger partial charge in [0.1, 0.15) is 5.75 Å². The van der Waals surface area contributed by atoms with Crippen LogP contribution in [0.25, 0.3) is 0 Å². The molecule has 3 nitrogen and oxygen atoms in total. The molecule has 2 aromatic carbocycles. The molecule has 0 aliphatic heterocycles. The van der Waals surface area contributed by atoms with Crippen LogP contribution >= 0.6 is 38.5 Å². The van der Waals surface area contributed by atoms with Gasteiger partial charge in [-0.3, -0.25) is 4.79 Å². The van der Waals surface area contributed by atoms with Crippen LogP contribution in [0.1, 0.15) is 10.4 Å². The number of carbonyl (C=O) groups is 1. The first kappa shape index (κ1) is 14.3. The topological polar surface area (TPSA) is 38.3 Å². The Hall–Kier alpha value is -1.08. The summed E-state index contributed by atoms with van der Waals surface area (Å²) in [5, 5.41) is 2.86. The van der Waals surface area contributed by atoms with Gasteiger partial charge in [-0.1, -0.05) is 12.1 Å². The molecule has 5 heteroatoms. The van der Waals surface area contributed by atoms with E-state index in [1.807, 2.05) is 24.3 Å². The average Bonchev–Trinajstić information content (AvgIpc) is 2.39. The lowest BCUT2D eigenvalue weighted by Crippen LogP contribution is -2.13. The Kier molecular flexibility index (Phi) is 4.81. The highest BCUT2D eigenvalue weighted by Crippen LogP contribution is 2.28. The largest absolute Gasteiger partial charge is 0.496 e. The predicted molar refractivity (Wildman–Crippen MR) is 87.8 cm³/mol. The molecule has 0 heterocycles. The smallest absolute Gasteiger partial charge is 0.256 e. The minimum absolute atomic E-state index is 0.123. The van der Waals surface area contributed by atoms with Crippen LogP contribution in [0, 0.1) is 3.57 Å². The van der Waals surface area contributed by atoms with Crippen LogP contribution < -0.4 is 10.1 Å². The molecule has 0 aliphatic rings. The third-order valence-corrected chi connectivity index (χ3v) is 4.09. The highest BCUT2D eigenvalue weighted by molar-refractivity contribution is 14.1. The minimum Gasteiger partial charge on any atom is -0.496 e. The number of rotatable bonds is 3. The average molecular weight is 432 g/mol. The first-order valence-electron chi connectivity index (χ1n) is 5.51. The fourth-order valence-electron chi connectivity index (χ4n) is 1.59. The maximum atomic E-state index is 12.1. The standard InChI is InChI=1S/C14H11BrINO2/c1-19-13-7-6-9(8-11(13)15)17-14(18)10-4-2-3-5-12(10)16/h2-8H,1H3,(H,17,18). The summed E-state index contributed by atoms with van der Waals surface area (Å²) in [5.74, 6) is 0.606. The van der Waals surface area contributed by atoms with Crippen molar-refractivity contribution in [3.63, 3.8) is 0 Å². The second kappa shape index (κ2) is 6.38. The van der Waals surface area contributed by atoms with Gasteiger partial charge < -0.3 is 10.1 Å². The monoisotopic (exact) mass is 431 g/mol. The molecule has 0 spiro atoms. The van der Waals surface area contributed by atoms with E-state index in [1.54, 1.807) is 25.3 Å². The molecule has 98 valence electrons. The van der Waals surface area contributed by atoms with Crippen molar-refractivity contribution in [2.45, 2.75) is 0 Å². The van der Waals surface area contributed by atoms with E-state index in [0.717, 1.165) is 19.5 Å². The number of methoxy groups -OCH3 is 1. The van der Waals surface area contributed by atoms with Gasteiger partial charge in [0.25, 0.3) is 5.91 Å². The first-order chi connectivity index (χ1) is 9.11. The fraction of sp³-hybridized carbons (Fsp3) is 0.0714. The number of ether oxygens (including phenoxy) is 1. The predicted octanol–water partition coefficient (Wildman–Crippen LogP) is 4.31. The Morgan fingerprint density at radius 2 is 2.00 bits per heavy atom. The van der Waals surface area contributed by atoms with Crippen molar-refractivity contribution in [1.82, 2.24) is 0 Å². The maximum Gasteiger partial charge on any atom is 0.256 e. The van der Waals surface area contributed by atoms with Crippen LogP contribution in [0.15, 0.2) is 46.9 Å². The van der Waals surface area contributed by atoms with Gasteiger partial charge in [-0.2, -0.15) is 0 Å². The van der Waals surface area contributed by atoms with Crippen molar-refractivity contribution in [1.29, 1.82) is 0 Å². The first-order valence-corrected chi connectivity index (χ1v) is 7.38. The van der Waals surface area contributed by atoms with Gasteiger partial charge in [-0.15, -0.1) is 0 Å². The number of hydrogen-bond donors (Lipinski definition) is 1. The van der Waals surface area contributed by atoms with Gasteiger partial charge in [0.2, 0.25) is 0 Å². The van der Waals surface area contributed by atoms with E-state index in [1.165, 1.54) is 0 Å². The van der Waals surface area contributed by atoms with E-state index in [-0.39, 0.29) is 5.91 Å². The van der Waals surface area contributed by atoms with Crippen LogP contribution in [0.2, 0.25) is 0 Å². The summed E-state index contributed by atoms with van der Waals surface area (Å²) in [7, 11) is 1.60. The zero-order chi connectivity index (χ0) is 13.8. The van der Waals surface area contributed by atoms with E-state index in [9.17, 15) is 4.79 Å². The number of nitrogens with one attached hydrogen (secondary N) is 1. The van der Waals surface area contributed by atoms with Gasteiger partial charge in [0, 0.05) is 9.26 Å². The number of anilines is 1. The van der Waals surface area contributed by atoms with Crippen molar-refractivity contribution < 1.29 is 9.53 Å². The second-order valence-corrected chi connectivity index (χ2v) is 5.80. The van der Waals surface area contributed by atoms with Gasteiger partial charge in [0.05, 0.1) is 17.1 Å². The molecule has 19 heavy (non-hydrogen) atoms. The van der Waals surface area contributed by atoms with Gasteiger partial charge >= 0.3 is 0 Å². The summed E-state index contributed by atoms with van der Waals surface area (Å²) in [6.07, 6.45) is 0. The van der Waals surface area contributed by atoms with Crippen molar-refractivity contribution in [2.24, 2.45) is 0 Å². The number of amides is 1. The Labute approximate surface area is 133 Å². The highest BCUT2D eigenvalue weighted by Gasteiger charge is 2.10. The lowest BCUT2D eigenvalue weighted by Gasteiger charge is -2.09. The number of carbonyl (C=O) groups excluding carboxylic acids is 1. The van der Waals surface area contributed by atoms with Gasteiger partial charge in [-0.25, -0.2) is 0 Å². The van der Waals surface area contributed by atoms with E-state index in [2.05, 4.69) is 43.8 Å². The molecule has 0 bridgehead atoms. The molecule has 0 aromatic heterocycles. The third kappa shape index (κ3) is 3.48. The Morgan fingerprint density at radius 3 is 2.63 bits per heavy atom. The SMILES string of the molecule is COc1ccc(NC(=O)c2ccccc2I)cc1Br. The molecule has 2 aromatic rings. The summed E-state index contributed by atoms with van der Waals surface area (Å²) in [6, 6.07) is 12.9. The lowest BCUT2D eigenvalue weighted by molar-refractivity contribution is 0.102. The number of benzene rings is 2. The molecule has 0 saturated heterocycles. The quantitative estimate of drug-likeness (QED) is 0.735. The Bertz CT molecular complexity index is 616. The third-order valence-electron chi connectivity index (χ3n) is 2.53. The van der Waals surface area contributed by atoms with E-state index in [0.29, 0.717) is 5.56 Å². The zero-order valence-electron chi connectivity index (χ0n) is 10.1. The van der Waals surface area contributed by atoms with Gasteiger partial charge in [0.15, 0.2) is 0 Å². The van der Waals surface area contributed by atoms with E-state index >= 15 is 0 Å². The molecule has 2 rings (SSSR count). The zero-order valence-corrected chi connectivity index (χ0v) is 13.9. The molecular weight excluding hydrogens is 421 g/mol. The molecule has 0 radical (unpaired) electrons. The van der Waals surface area contributed by atoms with Crippen LogP contribution in [0.3, 0.4) is 0 Å². The maximum absolute atomic E-state index is 12.1. The van der Waals surface area contributed by atoms with Crippen molar-refractivity contribution in [2.75, 3.05) is 12.4 Å². The summed E-state index contributed by atoms with van der Waals surface area (Å²) in [4.78, 5) is 12.1. The summed E-state index contributed by atoms with van der Waals surface area (Å²) in [6.45, 7) is 0. The van der Waals surface area contributed by atoms with Gasteiger partial charge in [-0.05, 0) is 68.9 Å². The summed E-state index contributed by atoms with van der Waals surface area (Å²) >= 11 is 5.54. The normalized spacial score (nSPS) is 10.1. The number of halogens is 2. The van der Waals surface area contributed by atoms with Crippen LogP contribution in [-0.4, -0.2) is 13.0 Å². The summed E-state index contributed by atoms with van der Waals surface area (Å²) < 4.78 is 6.87. The van der Waals surface area contributed by atoms with Crippen molar-refractivity contribution in [3.05, 3.63) is 56.1 Å². The fourth-order valence-corrected chi connectivity index (χ4v) is 2.76. The molecule has 0 unspecified atom stereocenters. The molecular formula is C14H11BrINO2. The van der Waals surface area contributed by atoms with Crippen molar-refractivity contribution in [3.8, 4) is 5.75 Å². The Morgan fingerprint density at radius 1 is 1.26 bits per heavy atom. The molecule has 0 atom stereocenters. The van der Waals surface area contributed by atoms with Crippen LogP contribution in [0.4, 0.5) is 5.69 Å². The molecule has 0 aliphatic carbocycles. The Balaban J connectivity index is 2.20. The molecule has 0 saturated carbocycles. The second-order valence-electron chi connectivity index (χ2n) is 3.78. The van der Waals surface area contributed by atoms with E-state index in [4.69, 9.17) is 4.74 Å². The van der Waals surface area contributed by atoms with E-state index < -0.39 is 0 Å². The van der Waals surface area contributed by atoms with Crippen LogP contribution in [0.5, 0.6) is 5.75 Å². The lowest BCUT2D eigenvalue weighted by atomic mass is 10.2. The summed E-state index contributed by atoms with van der Waals surface area (Å²) in [5.41, 5.74) is 1.38. The van der Waals surface area contributed by atoms with Crippen molar-refractivity contribution >= 4 is 50.1 Å². The molecule has 0 fully saturated rings. The molecule has 1 amide bonds. The molecule has 1 N–H and O–H groups in total. The minimum atomic E-state index is -0.123. The van der Waals surface area contributed by atoms with Crippen LogP contribution in [-0.2, 0) is 0 Å². The number of hydrogen-bond acceptors (Lipinski definition) is 2.